The molecule has 0 radical (unpaired) electrons. The van der Waals surface area contributed by atoms with E-state index in [-0.39, 0.29) is 5.56 Å². The molecule has 3 aromatic heterocycles. The average molecular weight is 413 g/mol. The first kappa shape index (κ1) is 17.8. The third-order valence-corrected chi connectivity index (χ3v) is 7.97. The standard InChI is InChI=1S/C20H20N4O2S2/c1-23-16-15(17-18(23)22-20(27-17)28(2)26)10-21-24(19(16)25)11-13-8-5-7-12-6-3-4-9-14(12)13/h5,7-8,10H,3-4,6,9,11H2,1-2H3. The van der Waals surface area contributed by atoms with Crippen LogP contribution in [0.25, 0.3) is 21.3 Å². The Hall–Kier alpha value is -2.32. The second-order valence-electron chi connectivity index (χ2n) is 7.28. The molecule has 0 spiro atoms. The van der Waals surface area contributed by atoms with Crippen LogP contribution in [-0.4, -0.2) is 29.8 Å². The third kappa shape index (κ3) is 2.66. The van der Waals surface area contributed by atoms with Crippen LogP contribution in [0.4, 0.5) is 0 Å². The van der Waals surface area contributed by atoms with Crippen LogP contribution in [0.1, 0.15) is 29.5 Å². The lowest BCUT2D eigenvalue weighted by Crippen LogP contribution is -2.25. The van der Waals surface area contributed by atoms with Gasteiger partial charge in [-0.2, -0.15) is 5.10 Å². The minimum atomic E-state index is -1.14. The SMILES string of the molecule is Cn1c2nc(S(C)=O)sc2c2cnn(Cc3cccc4c3CCCC4)c(=O)c21. The van der Waals surface area contributed by atoms with Crippen LogP contribution in [-0.2, 0) is 37.2 Å². The van der Waals surface area contributed by atoms with Gasteiger partial charge < -0.3 is 4.57 Å². The lowest BCUT2D eigenvalue weighted by atomic mass is 9.88. The molecule has 0 aliphatic heterocycles. The van der Waals surface area contributed by atoms with Crippen molar-refractivity contribution in [1.29, 1.82) is 0 Å². The Morgan fingerprint density at radius 2 is 2.07 bits per heavy atom. The molecular weight excluding hydrogens is 392 g/mol. The number of benzene rings is 1. The van der Waals surface area contributed by atoms with Gasteiger partial charge in [-0.1, -0.05) is 18.2 Å². The van der Waals surface area contributed by atoms with Gasteiger partial charge in [-0.05, 0) is 42.4 Å². The smallest absolute Gasteiger partial charge is 0.291 e. The highest BCUT2D eigenvalue weighted by Crippen LogP contribution is 2.32. The van der Waals surface area contributed by atoms with Gasteiger partial charge in [0.2, 0.25) is 0 Å². The van der Waals surface area contributed by atoms with Gasteiger partial charge in [-0.25, -0.2) is 9.67 Å². The number of thiazole rings is 1. The summed E-state index contributed by atoms with van der Waals surface area (Å²) < 4.78 is 16.6. The van der Waals surface area contributed by atoms with Crippen molar-refractivity contribution >= 4 is 43.4 Å². The lowest BCUT2D eigenvalue weighted by Gasteiger charge is -2.19. The van der Waals surface area contributed by atoms with Crippen LogP contribution in [0.5, 0.6) is 0 Å². The maximum Gasteiger partial charge on any atom is 0.291 e. The van der Waals surface area contributed by atoms with E-state index in [0.29, 0.717) is 22.0 Å². The maximum absolute atomic E-state index is 13.2. The molecule has 0 bridgehead atoms. The normalized spacial score (nSPS) is 15.2. The van der Waals surface area contributed by atoms with Crippen LogP contribution in [0.15, 0.2) is 33.5 Å². The second kappa shape index (κ2) is 6.63. The number of aryl methyl sites for hydroxylation is 2. The van der Waals surface area contributed by atoms with Crippen molar-refractivity contribution in [1.82, 2.24) is 19.3 Å². The average Bonchev–Trinajstić information content (AvgIpc) is 3.24. The molecule has 3 heterocycles. The highest BCUT2D eigenvalue weighted by molar-refractivity contribution is 7.86. The topological polar surface area (TPSA) is 69.8 Å². The maximum atomic E-state index is 13.2. The monoisotopic (exact) mass is 412 g/mol. The molecule has 144 valence electrons. The lowest BCUT2D eigenvalue weighted by molar-refractivity contribution is 0.623. The fraction of sp³-hybridized carbons (Fsp3) is 0.350. The quantitative estimate of drug-likeness (QED) is 0.519. The number of aromatic nitrogens is 4. The summed E-state index contributed by atoms with van der Waals surface area (Å²) in [4.78, 5) is 17.7. The molecule has 1 unspecified atom stereocenters. The van der Waals surface area contributed by atoms with Crippen LogP contribution in [0.3, 0.4) is 0 Å². The van der Waals surface area contributed by atoms with Crippen LogP contribution in [0, 0.1) is 0 Å². The van der Waals surface area contributed by atoms with Crippen LogP contribution >= 0.6 is 11.3 Å². The Morgan fingerprint density at radius 1 is 1.25 bits per heavy atom. The molecule has 5 rings (SSSR count). The number of rotatable bonds is 3. The molecule has 1 aliphatic carbocycles. The fourth-order valence-electron chi connectivity index (χ4n) is 4.18. The minimum Gasteiger partial charge on any atom is -0.323 e. The molecule has 0 N–H and O–H groups in total. The van der Waals surface area contributed by atoms with Gasteiger partial charge in [0.1, 0.15) is 5.52 Å². The Balaban J connectivity index is 1.64. The van der Waals surface area contributed by atoms with Gasteiger partial charge in [-0.3, -0.25) is 9.00 Å². The number of hydrogen-bond donors (Lipinski definition) is 0. The first-order valence-corrected chi connectivity index (χ1v) is 11.7. The van der Waals surface area contributed by atoms with E-state index in [9.17, 15) is 9.00 Å². The molecule has 0 saturated heterocycles. The molecule has 8 heteroatoms. The van der Waals surface area contributed by atoms with Crippen molar-refractivity contribution in [2.75, 3.05) is 6.26 Å². The second-order valence-corrected chi connectivity index (χ2v) is 9.83. The number of hydrogen-bond acceptors (Lipinski definition) is 5. The summed E-state index contributed by atoms with van der Waals surface area (Å²) in [7, 11) is 0.697. The molecule has 1 atom stereocenters. The van der Waals surface area contributed by atoms with E-state index in [2.05, 4.69) is 28.3 Å². The van der Waals surface area contributed by atoms with Gasteiger partial charge in [-0.15, -0.1) is 11.3 Å². The van der Waals surface area contributed by atoms with Gasteiger partial charge in [0.05, 0.1) is 28.2 Å². The molecule has 0 fully saturated rings. The van der Waals surface area contributed by atoms with Crippen LogP contribution in [0.2, 0.25) is 0 Å². The highest BCUT2D eigenvalue weighted by atomic mass is 32.2. The molecule has 28 heavy (non-hydrogen) atoms. The van der Waals surface area contributed by atoms with Gasteiger partial charge >= 0.3 is 0 Å². The summed E-state index contributed by atoms with van der Waals surface area (Å²) in [5.74, 6) is 0. The minimum absolute atomic E-state index is 0.113. The Morgan fingerprint density at radius 3 is 2.89 bits per heavy atom. The van der Waals surface area contributed by atoms with E-state index in [1.807, 2.05) is 7.05 Å². The largest absolute Gasteiger partial charge is 0.323 e. The van der Waals surface area contributed by atoms with E-state index in [1.54, 1.807) is 21.7 Å². The molecular formula is C20H20N4O2S2. The van der Waals surface area contributed by atoms with E-state index in [4.69, 9.17) is 0 Å². The molecule has 1 aliphatic rings. The highest BCUT2D eigenvalue weighted by Gasteiger charge is 2.20. The predicted octanol–water partition coefficient (Wildman–Crippen LogP) is 3.01. The van der Waals surface area contributed by atoms with Gasteiger partial charge in [0, 0.05) is 18.7 Å². The van der Waals surface area contributed by atoms with E-state index in [1.165, 1.54) is 40.9 Å². The summed E-state index contributed by atoms with van der Waals surface area (Å²) in [6.07, 6.45) is 7.99. The van der Waals surface area contributed by atoms with E-state index in [0.717, 1.165) is 22.9 Å². The van der Waals surface area contributed by atoms with Crippen molar-refractivity contribution in [3.63, 3.8) is 0 Å². The van der Waals surface area contributed by atoms with E-state index >= 15 is 0 Å². The first-order chi connectivity index (χ1) is 13.5. The Bertz CT molecular complexity index is 1320. The van der Waals surface area contributed by atoms with Crippen molar-refractivity contribution < 1.29 is 4.21 Å². The molecule has 0 saturated carbocycles. The summed E-state index contributed by atoms with van der Waals surface area (Å²) in [5, 5.41) is 5.24. The van der Waals surface area contributed by atoms with Gasteiger partial charge in [0.15, 0.2) is 9.99 Å². The molecule has 0 amide bonds. The third-order valence-electron chi connectivity index (χ3n) is 5.56. The van der Waals surface area contributed by atoms with Crippen molar-refractivity contribution in [2.24, 2.45) is 7.05 Å². The zero-order valence-corrected chi connectivity index (χ0v) is 17.4. The Labute approximate surface area is 168 Å². The first-order valence-electron chi connectivity index (χ1n) is 9.32. The summed E-state index contributed by atoms with van der Waals surface area (Å²) in [6.45, 7) is 0.481. The summed E-state index contributed by atoms with van der Waals surface area (Å²) >= 11 is 1.37. The van der Waals surface area contributed by atoms with Gasteiger partial charge in [0.25, 0.3) is 5.56 Å². The number of fused-ring (bicyclic) bond motifs is 4. The van der Waals surface area contributed by atoms with Crippen LogP contribution < -0.4 is 5.56 Å². The van der Waals surface area contributed by atoms with E-state index < -0.39 is 10.8 Å². The van der Waals surface area contributed by atoms with Crippen molar-refractivity contribution in [3.05, 3.63) is 51.4 Å². The fourth-order valence-corrected chi connectivity index (χ4v) is 5.95. The summed E-state index contributed by atoms with van der Waals surface area (Å²) in [5.41, 5.74) is 5.15. The molecule has 4 aromatic rings. The predicted molar refractivity (Wildman–Crippen MR) is 113 cm³/mol. The molecule has 1 aromatic carbocycles. The zero-order valence-electron chi connectivity index (χ0n) is 15.8. The number of nitrogens with zero attached hydrogens (tertiary/aromatic N) is 4. The zero-order chi connectivity index (χ0) is 19.4. The summed E-state index contributed by atoms with van der Waals surface area (Å²) in [6, 6.07) is 6.39. The van der Waals surface area contributed by atoms with Crippen molar-refractivity contribution in [3.8, 4) is 0 Å². The van der Waals surface area contributed by atoms with Crippen molar-refractivity contribution in [2.45, 2.75) is 36.6 Å². The Kier molecular flexibility index (Phi) is 4.21. The molecule has 6 nitrogen and oxygen atoms in total.